The van der Waals surface area contributed by atoms with Crippen molar-refractivity contribution in [2.24, 2.45) is 9.62 Å². The van der Waals surface area contributed by atoms with Gasteiger partial charge in [-0.3, -0.25) is 9.29 Å². The van der Waals surface area contributed by atoms with E-state index in [9.17, 15) is 0 Å². The zero-order chi connectivity index (χ0) is 33.4. The van der Waals surface area contributed by atoms with Crippen molar-refractivity contribution in [3.8, 4) is 11.5 Å². The van der Waals surface area contributed by atoms with Gasteiger partial charge in [-0.25, -0.2) is 0 Å². The van der Waals surface area contributed by atoms with Gasteiger partial charge in [-0.1, -0.05) is 98.1 Å². The van der Waals surface area contributed by atoms with Crippen LogP contribution in [0.3, 0.4) is 0 Å². The summed E-state index contributed by atoms with van der Waals surface area (Å²) in [7, 11) is -0.616. The molecule has 4 rings (SSSR count). The van der Waals surface area contributed by atoms with Crippen LogP contribution < -0.4 is 25.4 Å². The van der Waals surface area contributed by atoms with Crippen LogP contribution in [0.2, 0.25) is 0 Å². The molecule has 3 unspecified atom stereocenters. The second-order valence-electron chi connectivity index (χ2n) is 12.0. The maximum Gasteiger partial charge on any atom is 0.150 e. The van der Waals surface area contributed by atoms with Gasteiger partial charge >= 0.3 is 0 Å². The van der Waals surface area contributed by atoms with E-state index < -0.39 is 26.1 Å². The highest BCUT2D eigenvalue weighted by atomic mass is 32.4. The molecule has 4 aromatic rings. The van der Waals surface area contributed by atoms with Crippen molar-refractivity contribution in [1.82, 2.24) is 4.78 Å². The fourth-order valence-corrected chi connectivity index (χ4v) is 13.2. The van der Waals surface area contributed by atoms with Gasteiger partial charge in [0, 0.05) is 29.8 Å². The van der Waals surface area contributed by atoms with Gasteiger partial charge in [0.25, 0.3) is 0 Å². The lowest BCUT2D eigenvalue weighted by molar-refractivity contribution is 0.105. The summed E-state index contributed by atoms with van der Waals surface area (Å²) < 4.78 is 20.7. The van der Waals surface area contributed by atoms with E-state index in [2.05, 4.69) is 125 Å². The monoisotopic (exact) mass is 709 g/mol. The van der Waals surface area contributed by atoms with Crippen molar-refractivity contribution in [3.05, 3.63) is 115 Å². The van der Waals surface area contributed by atoms with Gasteiger partial charge in [0.2, 0.25) is 0 Å². The molecule has 0 bridgehead atoms. The first-order valence-corrected chi connectivity index (χ1v) is 23.0. The maximum atomic E-state index is 6.75. The zero-order valence-corrected chi connectivity index (χ0v) is 32.3. The van der Waals surface area contributed by atoms with Gasteiger partial charge in [0.15, 0.2) is 0 Å². The van der Waals surface area contributed by atoms with E-state index in [-0.39, 0.29) is 5.60 Å². The highest BCUT2D eigenvalue weighted by molar-refractivity contribution is 8.08. The molecule has 5 nitrogen and oxygen atoms in total. The van der Waals surface area contributed by atoms with E-state index in [1.54, 1.807) is 0 Å². The Hall–Kier alpha value is -2.52. The Balaban J connectivity index is 1.81. The number of nitrogens with zero attached hydrogens (tertiary/aromatic N) is 3. The Morgan fingerprint density at radius 2 is 1.20 bits per heavy atom. The largest absolute Gasteiger partial charge is 0.488 e. The summed E-state index contributed by atoms with van der Waals surface area (Å²) in [5.74, 6) is 1.62. The molecule has 0 aliphatic carbocycles. The smallest absolute Gasteiger partial charge is 0.150 e. The number of hydrazone groups is 1. The number of ether oxygens (including phenoxy) is 2. The third-order valence-electron chi connectivity index (χ3n) is 8.14. The predicted octanol–water partition coefficient (Wildman–Crippen LogP) is 9.01. The quantitative estimate of drug-likeness (QED) is 0.0743. The molecule has 0 aliphatic rings. The third-order valence-corrected chi connectivity index (χ3v) is 18.4. The summed E-state index contributed by atoms with van der Waals surface area (Å²) in [6.07, 6.45) is 3.47. The van der Waals surface area contributed by atoms with E-state index in [1.165, 1.54) is 10.6 Å². The summed E-state index contributed by atoms with van der Waals surface area (Å²) in [6, 6.07) is 37.7. The normalized spacial score (nSPS) is 14.7. The molecule has 0 fully saturated rings. The summed E-state index contributed by atoms with van der Waals surface area (Å²) >= 11 is 11.8. The molecule has 0 heterocycles. The van der Waals surface area contributed by atoms with E-state index in [0.29, 0.717) is 0 Å². The van der Waals surface area contributed by atoms with E-state index in [1.807, 2.05) is 49.0 Å². The van der Waals surface area contributed by atoms with Crippen LogP contribution in [0.4, 0.5) is 0 Å². The highest BCUT2D eigenvalue weighted by Crippen LogP contribution is 2.57. The van der Waals surface area contributed by atoms with Crippen LogP contribution in [0.25, 0.3) is 0 Å². The molecular weight excluding hydrogens is 663 g/mol. The summed E-state index contributed by atoms with van der Waals surface area (Å²) in [6.45, 7) is 9.72. The predicted molar refractivity (Wildman–Crippen MR) is 211 cm³/mol. The van der Waals surface area contributed by atoms with Gasteiger partial charge < -0.3 is 9.47 Å². The molecule has 0 saturated carbocycles. The molecule has 244 valence electrons. The second-order valence-corrected chi connectivity index (χ2v) is 21.9. The average Bonchev–Trinajstić information content (AvgIpc) is 3.07. The fraction of sp³-hybridized carbons (Fsp3) is 0.306. The van der Waals surface area contributed by atoms with Gasteiger partial charge in [-0.2, -0.15) is 5.10 Å². The van der Waals surface area contributed by atoms with Crippen LogP contribution in [0, 0.1) is 0 Å². The molecule has 0 aliphatic heterocycles. The van der Waals surface area contributed by atoms with Gasteiger partial charge in [-0.05, 0) is 94.4 Å². The maximum absolute atomic E-state index is 6.75. The molecular formula is C36H46N3O2P3S2. The Morgan fingerprint density at radius 1 is 0.717 bits per heavy atom. The van der Waals surface area contributed by atoms with Crippen LogP contribution in [0.5, 0.6) is 11.5 Å². The van der Waals surface area contributed by atoms with Crippen molar-refractivity contribution in [2.75, 3.05) is 13.7 Å². The minimum atomic E-state index is -2.53. The van der Waals surface area contributed by atoms with Crippen molar-refractivity contribution < 1.29 is 9.47 Å². The van der Waals surface area contributed by atoms with Crippen molar-refractivity contribution >= 4 is 66.5 Å². The van der Waals surface area contributed by atoms with Crippen LogP contribution in [0.15, 0.2) is 119 Å². The van der Waals surface area contributed by atoms with Gasteiger partial charge in [0.1, 0.15) is 22.4 Å². The van der Waals surface area contributed by atoms with Gasteiger partial charge in [-0.15, -0.1) is 0 Å². The molecule has 0 spiro atoms. The Morgan fingerprint density at radius 3 is 1.67 bits per heavy atom. The first-order chi connectivity index (χ1) is 21.9. The number of hydrogen-bond acceptors (Lipinski definition) is 5. The summed E-state index contributed by atoms with van der Waals surface area (Å²) in [4.78, 5) is 0. The standard InChI is InChI=1S/C36H46N3O2P3S2/c1-8-35(3,4)40-30-24-26-34(27-25-30)44(32-16-12-10-13-17-32,33-18-14-11-15-19-33)38-43(46)36(5,9-2)41-31-22-20-29(21-23-31)28-37-39(6)42(7)45/h10-28,42-43H,8-9H2,1-7H3. The van der Waals surface area contributed by atoms with Crippen LogP contribution in [-0.4, -0.2) is 35.6 Å². The minimum absolute atomic E-state index is 0.250. The van der Waals surface area contributed by atoms with E-state index >= 15 is 0 Å². The van der Waals surface area contributed by atoms with Crippen LogP contribution >= 0.6 is 20.7 Å². The second kappa shape index (κ2) is 16.1. The van der Waals surface area contributed by atoms with E-state index in [4.69, 9.17) is 37.6 Å². The lowest BCUT2D eigenvalue weighted by Gasteiger charge is -2.34. The first-order valence-electron chi connectivity index (χ1n) is 15.6. The molecule has 0 amide bonds. The first kappa shape index (κ1) is 36.3. The molecule has 0 aromatic heterocycles. The summed E-state index contributed by atoms with van der Waals surface area (Å²) in [5.41, 5.74) is 0.734. The zero-order valence-electron chi connectivity index (χ0n) is 27.8. The topological polar surface area (TPSA) is 46.4 Å². The van der Waals surface area contributed by atoms with E-state index in [0.717, 1.165) is 35.2 Å². The van der Waals surface area contributed by atoms with Gasteiger partial charge in [0.05, 0.1) is 20.1 Å². The lowest BCUT2D eigenvalue weighted by atomic mass is 10.1. The molecule has 4 aromatic carbocycles. The number of benzene rings is 4. The van der Waals surface area contributed by atoms with Crippen LogP contribution in [0.1, 0.15) is 53.0 Å². The lowest BCUT2D eigenvalue weighted by Crippen LogP contribution is -2.29. The van der Waals surface area contributed by atoms with Crippen molar-refractivity contribution in [2.45, 2.75) is 58.4 Å². The molecule has 0 N–H and O–H groups in total. The molecule has 10 heteroatoms. The molecule has 3 atom stereocenters. The number of hydrogen-bond donors (Lipinski definition) is 0. The fourth-order valence-electron chi connectivity index (χ4n) is 4.65. The average molecular weight is 710 g/mol. The van der Waals surface area contributed by atoms with Crippen molar-refractivity contribution in [3.63, 3.8) is 0 Å². The molecule has 46 heavy (non-hydrogen) atoms. The Bertz CT molecular complexity index is 1670. The minimum Gasteiger partial charge on any atom is -0.488 e. The molecule has 0 saturated heterocycles. The Labute approximate surface area is 287 Å². The molecule has 0 radical (unpaired) electrons. The Kier molecular flexibility index (Phi) is 12.7. The highest BCUT2D eigenvalue weighted by Gasteiger charge is 2.34. The third kappa shape index (κ3) is 8.88. The SMILES string of the molecule is CCC(C)(C)Oc1ccc(P(=N[PH](=S)C(C)(CC)Oc2ccc(C=NN(C)[PH](C)=S)cc2)(c2ccccc2)c2ccccc2)cc1. The summed E-state index contributed by atoms with van der Waals surface area (Å²) in [5, 5.41) is 7.31. The van der Waals surface area contributed by atoms with Crippen LogP contribution in [-0.2, 0) is 23.6 Å². The van der Waals surface area contributed by atoms with Crippen molar-refractivity contribution in [1.29, 1.82) is 0 Å². The number of rotatable bonds is 14.